The number of anilines is 2. The number of ether oxygens (including phenoxy) is 1. The Morgan fingerprint density at radius 3 is 2.71 bits per heavy atom. The predicted molar refractivity (Wildman–Crippen MR) is 114 cm³/mol. The van der Waals surface area contributed by atoms with Crippen LogP contribution >= 0.6 is 23.1 Å². The average Bonchev–Trinajstić information content (AvgIpc) is 2.94. The normalized spacial score (nSPS) is 10.7. The summed E-state index contributed by atoms with van der Waals surface area (Å²) in [5.74, 6) is 0.350. The molecular formula is C19H20N4O3S2. The molecule has 7 nitrogen and oxygen atoms in total. The zero-order chi connectivity index (χ0) is 20.3. The van der Waals surface area contributed by atoms with Gasteiger partial charge < -0.3 is 15.4 Å². The Hall–Kier alpha value is -2.65. The van der Waals surface area contributed by atoms with Crippen molar-refractivity contribution in [1.82, 2.24) is 9.97 Å². The molecule has 2 aromatic heterocycles. The highest BCUT2D eigenvalue weighted by molar-refractivity contribution is 8.00. The number of amides is 2. The quantitative estimate of drug-likeness (QED) is 0.466. The number of thiophene rings is 1. The number of hydrogen-bond donors (Lipinski definition) is 2. The number of aromatic nitrogens is 2. The number of methoxy groups -OCH3 is 1. The number of carbonyl (C=O) groups excluding carboxylic acids is 2. The summed E-state index contributed by atoms with van der Waals surface area (Å²) in [5, 5.41) is 7.34. The van der Waals surface area contributed by atoms with E-state index in [1.54, 1.807) is 29.5 Å². The van der Waals surface area contributed by atoms with Gasteiger partial charge in [0, 0.05) is 22.9 Å². The number of rotatable bonds is 6. The van der Waals surface area contributed by atoms with Gasteiger partial charge in [-0.2, -0.15) is 0 Å². The Morgan fingerprint density at radius 2 is 2.00 bits per heavy atom. The van der Waals surface area contributed by atoms with E-state index in [1.165, 1.54) is 37.0 Å². The van der Waals surface area contributed by atoms with Crippen LogP contribution in [0.3, 0.4) is 0 Å². The zero-order valence-corrected chi connectivity index (χ0v) is 17.6. The number of fused-ring (bicyclic) bond motifs is 1. The summed E-state index contributed by atoms with van der Waals surface area (Å²) in [7, 11) is 1.52. The van der Waals surface area contributed by atoms with Crippen LogP contribution in [0.15, 0.2) is 29.6 Å². The predicted octanol–water partition coefficient (Wildman–Crippen LogP) is 4.01. The summed E-state index contributed by atoms with van der Waals surface area (Å²) < 4.78 is 5.22. The van der Waals surface area contributed by atoms with Gasteiger partial charge in [0.05, 0.1) is 18.6 Å². The van der Waals surface area contributed by atoms with E-state index in [1.807, 2.05) is 6.92 Å². The van der Waals surface area contributed by atoms with E-state index in [0.717, 1.165) is 20.8 Å². The number of benzene rings is 1. The molecule has 0 saturated carbocycles. The molecule has 146 valence electrons. The molecule has 0 aliphatic carbocycles. The molecule has 2 amide bonds. The second kappa shape index (κ2) is 8.57. The van der Waals surface area contributed by atoms with E-state index in [2.05, 4.69) is 27.5 Å². The molecular weight excluding hydrogens is 396 g/mol. The van der Waals surface area contributed by atoms with Crippen molar-refractivity contribution in [2.24, 2.45) is 0 Å². The van der Waals surface area contributed by atoms with Crippen LogP contribution in [-0.2, 0) is 9.59 Å². The smallest absolute Gasteiger partial charge is 0.234 e. The van der Waals surface area contributed by atoms with Crippen LogP contribution in [0.1, 0.15) is 17.4 Å². The number of aryl methyl sites for hydroxylation is 2. The van der Waals surface area contributed by atoms with Gasteiger partial charge in [-0.25, -0.2) is 9.97 Å². The minimum absolute atomic E-state index is 0.166. The maximum atomic E-state index is 12.4. The van der Waals surface area contributed by atoms with Gasteiger partial charge in [0.25, 0.3) is 0 Å². The zero-order valence-electron chi connectivity index (χ0n) is 16.0. The fraction of sp³-hybridized carbons (Fsp3) is 0.263. The molecule has 2 heterocycles. The fourth-order valence-electron chi connectivity index (χ4n) is 2.66. The largest absolute Gasteiger partial charge is 0.495 e. The van der Waals surface area contributed by atoms with E-state index >= 15 is 0 Å². The van der Waals surface area contributed by atoms with Crippen LogP contribution in [-0.4, -0.2) is 34.6 Å². The molecule has 3 rings (SSSR count). The minimum atomic E-state index is -0.216. The lowest BCUT2D eigenvalue weighted by molar-refractivity contribution is -0.114. The Morgan fingerprint density at radius 1 is 1.21 bits per heavy atom. The first kappa shape index (κ1) is 20.1. The van der Waals surface area contributed by atoms with E-state index in [0.29, 0.717) is 17.1 Å². The number of nitrogens with zero attached hydrogens (tertiary/aromatic N) is 2. The van der Waals surface area contributed by atoms with Gasteiger partial charge >= 0.3 is 0 Å². The van der Waals surface area contributed by atoms with Crippen molar-refractivity contribution < 1.29 is 14.3 Å². The van der Waals surface area contributed by atoms with Gasteiger partial charge in [-0.3, -0.25) is 9.59 Å². The number of carbonyl (C=O) groups is 2. The van der Waals surface area contributed by atoms with Gasteiger partial charge in [-0.05, 0) is 37.6 Å². The molecule has 3 aromatic rings. The molecule has 0 saturated heterocycles. The van der Waals surface area contributed by atoms with Crippen molar-refractivity contribution in [3.63, 3.8) is 0 Å². The lowest BCUT2D eigenvalue weighted by Gasteiger charge is -2.12. The summed E-state index contributed by atoms with van der Waals surface area (Å²) in [5.41, 5.74) is 2.23. The third-order valence-electron chi connectivity index (χ3n) is 4.06. The summed E-state index contributed by atoms with van der Waals surface area (Å²) >= 11 is 3.00. The molecule has 28 heavy (non-hydrogen) atoms. The first-order valence-corrected chi connectivity index (χ1v) is 10.3. The monoisotopic (exact) mass is 416 g/mol. The maximum Gasteiger partial charge on any atom is 0.234 e. The Labute approximate surface area is 170 Å². The van der Waals surface area contributed by atoms with Crippen LogP contribution in [0.25, 0.3) is 10.2 Å². The standard InChI is InChI=1S/C19H20N4O3S2/c1-10-11(2)28-19-17(10)18(20-9-21-19)27-8-16(25)23-13-5-6-15(26-4)14(7-13)22-12(3)24/h5-7,9H,8H2,1-4H3,(H,22,24)(H,23,25). The van der Waals surface area contributed by atoms with Crippen molar-refractivity contribution in [2.75, 3.05) is 23.5 Å². The molecule has 0 radical (unpaired) electrons. The van der Waals surface area contributed by atoms with Crippen LogP contribution in [0.5, 0.6) is 5.75 Å². The number of hydrogen-bond acceptors (Lipinski definition) is 7. The summed E-state index contributed by atoms with van der Waals surface area (Å²) in [6.07, 6.45) is 1.53. The van der Waals surface area contributed by atoms with E-state index < -0.39 is 0 Å². The van der Waals surface area contributed by atoms with Crippen molar-refractivity contribution in [1.29, 1.82) is 0 Å². The lowest BCUT2D eigenvalue weighted by atomic mass is 10.2. The SMILES string of the molecule is COc1ccc(NC(=O)CSc2ncnc3sc(C)c(C)c23)cc1NC(C)=O. The molecule has 0 unspecified atom stereocenters. The molecule has 1 aromatic carbocycles. The highest BCUT2D eigenvalue weighted by Crippen LogP contribution is 2.34. The van der Waals surface area contributed by atoms with E-state index in [9.17, 15) is 9.59 Å². The van der Waals surface area contributed by atoms with E-state index in [4.69, 9.17) is 4.74 Å². The highest BCUT2D eigenvalue weighted by Gasteiger charge is 2.14. The average molecular weight is 417 g/mol. The minimum Gasteiger partial charge on any atom is -0.495 e. The van der Waals surface area contributed by atoms with Gasteiger partial charge in [0.2, 0.25) is 11.8 Å². The molecule has 0 atom stereocenters. The second-order valence-corrected chi connectivity index (χ2v) is 8.24. The molecule has 9 heteroatoms. The van der Waals surface area contributed by atoms with Crippen LogP contribution < -0.4 is 15.4 Å². The van der Waals surface area contributed by atoms with Gasteiger partial charge in [0.15, 0.2) is 0 Å². The molecule has 0 bridgehead atoms. The fourth-order valence-corrected chi connectivity index (χ4v) is 4.58. The maximum absolute atomic E-state index is 12.4. The van der Waals surface area contributed by atoms with Crippen LogP contribution in [0.4, 0.5) is 11.4 Å². The summed E-state index contributed by atoms with van der Waals surface area (Å²) in [4.78, 5) is 34.5. The van der Waals surface area contributed by atoms with Crippen molar-refractivity contribution >= 4 is 56.5 Å². The molecule has 0 fully saturated rings. The molecule has 2 N–H and O–H groups in total. The van der Waals surface area contributed by atoms with Gasteiger partial charge in [-0.1, -0.05) is 11.8 Å². The third kappa shape index (κ3) is 4.42. The number of thioether (sulfide) groups is 1. The second-order valence-electron chi connectivity index (χ2n) is 6.08. The first-order chi connectivity index (χ1) is 13.4. The van der Waals surface area contributed by atoms with Crippen LogP contribution in [0.2, 0.25) is 0 Å². The van der Waals surface area contributed by atoms with Crippen molar-refractivity contribution in [3.05, 3.63) is 35.0 Å². The summed E-state index contributed by atoms with van der Waals surface area (Å²) in [6.45, 7) is 5.51. The molecule has 0 aliphatic rings. The first-order valence-electron chi connectivity index (χ1n) is 8.48. The van der Waals surface area contributed by atoms with Gasteiger partial charge in [-0.15, -0.1) is 11.3 Å². The molecule has 0 aliphatic heterocycles. The summed E-state index contributed by atoms with van der Waals surface area (Å²) in [6, 6.07) is 5.08. The lowest BCUT2D eigenvalue weighted by Crippen LogP contribution is -2.15. The Kier molecular flexibility index (Phi) is 6.15. The Balaban J connectivity index is 1.71. The number of nitrogens with one attached hydrogen (secondary N) is 2. The van der Waals surface area contributed by atoms with Crippen LogP contribution in [0, 0.1) is 13.8 Å². The topological polar surface area (TPSA) is 93.2 Å². The van der Waals surface area contributed by atoms with E-state index in [-0.39, 0.29) is 17.6 Å². The van der Waals surface area contributed by atoms with Gasteiger partial charge in [0.1, 0.15) is 21.9 Å². The Bertz CT molecular complexity index is 1050. The highest BCUT2D eigenvalue weighted by atomic mass is 32.2. The van der Waals surface area contributed by atoms with Crippen molar-refractivity contribution in [2.45, 2.75) is 25.8 Å². The van der Waals surface area contributed by atoms with Crippen molar-refractivity contribution in [3.8, 4) is 5.75 Å². The third-order valence-corrected chi connectivity index (χ3v) is 6.17. The molecule has 0 spiro atoms.